The number of nitrogens with one attached hydrogen (secondary N) is 1. The van der Waals surface area contributed by atoms with Crippen LogP contribution in [0.5, 0.6) is 0 Å². The van der Waals surface area contributed by atoms with Gasteiger partial charge in [-0.2, -0.15) is 5.48 Å². The lowest BCUT2D eigenvalue weighted by Crippen LogP contribution is -2.12. The molecule has 0 fully saturated rings. The van der Waals surface area contributed by atoms with E-state index in [-0.39, 0.29) is 6.04 Å². The Kier molecular flexibility index (Phi) is 3.26. The Balaban J connectivity index is 2.77. The monoisotopic (exact) mass is 165 g/mol. The molecule has 0 saturated carbocycles. The molecule has 0 amide bonds. The third-order valence-electron chi connectivity index (χ3n) is 2.08. The molecule has 12 heavy (non-hydrogen) atoms. The van der Waals surface area contributed by atoms with E-state index in [0.29, 0.717) is 0 Å². The van der Waals surface area contributed by atoms with Gasteiger partial charge in [-0.3, -0.25) is 0 Å². The smallest absolute Gasteiger partial charge is 0.0540 e. The molecule has 0 bridgehead atoms. The van der Waals surface area contributed by atoms with Crippen LogP contribution >= 0.6 is 0 Å². The third-order valence-corrected chi connectivity index (χ3v) is 2.08. The van der Waals surface area contributed by atoms with Gasteiger partial charge < -0.3 is 5.21 Å². The van der Waals surface area contributed by atoms with E-state index in [1.165, 1.54) is 5.56 Å². The Morgan fingerprint density at radius 2 is 1.92 bits per heavy atom. The van der Waals surface area contributed by atoms with Crippen LogP contribution in [-0.2, 0) is 6.42 Å². The van der Waals surface area contributed by atoms with Gasteiger partial charge in [0.15, 0.2) is 0 Å². The maximum absolute atomic E-state index is 8.66. The van der Waals surface area contributed by atoms with Crippen LogP contribution in [-0.4, -0.2) is 5.21 Å². The molecule has 66 valence electrons. The van der Waals surface area contributed by atoms with Crippen molar-refractivity contribution < 1.29 is 5.21 Å². The van der Waals surface area contributed by atoms with Crippen LogP contribution in [0.25, 0.3) is 0 Å². The fourth-order valence-corrected chi connectivity index (χ4v) is 1.12. The molecule has 0 aliphatic heterocycles. The highest BCUT2D eigenvalue weighted by Gasteiger charge is 2.01. The summed E-state index contributed by atoms with van der Waals surface area (Å²) < 4.78 is 0. The SMILES string of the molecule is CCc1ccc([C@H](C)NO)cc1. The Morgan fingerprint density at radius 1 is 1.33 bits per heavy atom. The second-order valence-electron chi connectivity index (χ2n) is 2.95. The summed E-state index contributed by atoms with van der Waals surface area (Å²) in [6.07, 6.45) is 1.06. The molecular formula is C10H15NO. The lowest BCUT2D eigenvalue weighted by molar-refractivity contribution is 0.133. The van der Waals surface area contributed by atoms with Crippen LogP contribution in [0.3, 0.4) is 0 Å². The predicted molar refractivity (Wildman–Crippen MR) is 49.2 cm³/mol. The summed E-state index contributed by atoms with van der Waals surface area (Å²) in [5, 5.41) is 8.66. The van der Waals surface area contributed by atoms with E-state index in [2.05, 4.69) is 24.5 Å². The summed E-state index contributed by atoms with van der Waals surface area (Å²) in [6, 6.07) is 8.25. The van der Waals surface area contributed by atoms with E-state index in [9.17, 15) is 0 Å². The highest BCUT2D eigenvalue weighted by atomic mass is 16.5. The molecule has 1 aromatic rings. The van der Waals surface area contributed by atoms with Gasteiger partial charge in [0.1, 0.15) is 0 Å². The Hall–Kier alpha value is -0.860. The zero-order valence-electron chi connectivity index (χ0n) is 7.54. The first kappa shape index (κ1) is 9.23. The average Bonchev–Trinajstić information content (AvgIpc) is 2.17. The van der Waals surface area contributed by atoms with Crippen molar-refractivity contribution in [3.63, 3.8) is 0 Å². The number of rotatable bonds is 3. The average molecular weight is 165 g/mol. The minimum Gasteiger partial charge on any atom is -0.316 e. The van der Waals surface area contributed by atoms with Crippen molar-refractivity contribution in [1.82, 2.24) is 5.48 Å². The van der Waals surface area contributed by atoms with Crippen molar-refractivity contribution in [2.45, 2.75) is 26.3 Å². The molecule has 0 radical (unpaired) electrons. The van der Waals surface area contributed by atoms with Gasteiger partial charge in [0.25, 0.3) is 0 Å². The van der Waals surface area contributed by atoms with Gasteiger partial charge >= 0.3 is 0 Å². The van der Waals surface area contributed by atoms with Crippen molar-refractivity contribution in [2.75, 3.05) is 0 Å². The summed E-state index contributed by atoms with van der Waals surface area (Å²) in [7, 11) is 0. The highest BCUT2D eigenvalue weighted by Crippen LogP contribution is 2.12. The van der Waals surface area contributed by atoms with Gasteiger partial charge in [-0.1, -0.05) is 31.2 Å². The zero-order chi connectivity index (χ0) is 8.97. The molecular weight excluding hydrogens is 150 g/mol. The second-order valence-corrected chi connectivity index (χ2v) is 2.95. The van der Waals surface area contributed by atoms with Crippen LogP contribution in [0.15, 0.2) is 24.3 Å². The molecule has 1 rings (SSSR count). The quantitative estimate of drug-likeness (QED) is 0.673. The molecule has 0 aromatic heterocycles. The number of benzene rings is 1. The lowest BCUT2D eigenvalue weighted by atomic mass is 10.1. The first-order valence-corrected chi connectivity index (χ1v) is 4.26. The van der Waals surface area contributed by atoms with E-state index in [1.807, 2.05) is 19.1 Å². The van der Waals surface area contributed by atoms with E-state index >= 15 is 0 Å². The molecule has 0 aliphatic rings. The third kappa shape index (κ3) is 2.06. The van der Waals surface area contributed by atoms with E-state index in [4.69, 9.17) is 5.21 Å². The van der Waals surface area contributed by atoms with Crippen LogP contribution in [0, 0.1) is 0 Å². The fraction of sp³-hybridized carbons (Fsp3) is 0.400. The van der Waals surface area contributed by atoms with Crippen LogP contribution < -0.4 is 5.48 Å². The van der Waals surface area contributed by atoms with Gasteiger partial charge in [0.2, 0.25) is 0 Å². The minimum atomic E-state index is 0.0101. The number of hydrogen-bond acceptors (Lipinski definition) is 2. The van der Waals surface area contributed by atoms with E-state index in [0.717, 1.165) is 12.0 Å². The standard InChI is InChI=1S/C10H15NO/c1-3-9-4-6-10(7-5-9)8(2)11-12/h4-8,11-12H,3H2,1-2H3/t8-/m0/s1. The molecule has 0 aliphatic carbocycles. The summed E-state index contributed by atoms with van der Waals surface area (Å²) in [6.45, 7) is 4.05. The van der Waals surface area contributed by atoms with Crippen LogP contribution in [0.2, 0.25) is 0 Å². The number of aryl methyl sites for hydroxylation is 1. The van der Waals surface area contributed by atoms with Crippen LogP contribution in [0.4, 0.5) is 0 Å². The Bertz CT molecular complexity index is 230. The van der Waals surface area contributed by atoms with Crippen molar-refractivity contribution in [3.05, 3.63) is 35.4 Å². The topological polar surface area (TPSA) is 32.3 Å². The normalized spacial score (nSPS) is 12.9. The predicted octanol–water partition coefficient (Wildman–Crippen LogP) is 2.29. The highest BCUT2D eigenvalue weighted by molar-refractivity contribution is 5.24. The van der Waals surface area contributed by atoms with Crippen LogP contribution in [0.1, 0.15) is 31.0 Å². The van der Waals surface area contributed by atoms with Crippen molar-refractivity contribution >= 4 is 0 Å². The Labute approximate surface area is 73.2 Å². The first-order valence-electron chi connectivity index (χ1n) is 4.26. The first-order chi connectivity index (χ1) is 5.77. The van der Waals surface area contributed by atoms with Gasteiger partial charge in [-0.25, -0.2) is 0 Å². The number of hydroxylamine groups is 1. The zero-order valence-corrected chi connectivity index (χ0v) is 7.54. The Morgan fingerprint density at radius 3 is 2.33 bits per heavy atom. The molecule has 0 saturated heterocycles. The summed E-state index contributed by atoms with van der Waals surface area (Å²) in [4.78, 5) is 0. The molecule has 0 spiro atoms. The molecule has 2 heteroatoms. The van der Waals surface area contributed by atoms with Crippen molar-refractivity contribution in [3.8, 4) is 0 Å². The van der Waals surface area contributed by atoms with Gasteiger partial charge in [-0.05, 0) is 24.5 Å². The van der Waals surface area contributed by atoms with Crippen molar-refractivity contribution in [2.24, 2.45) is 0 Å². The second kappa shape index (κ2) is 4.24. The molecule has 1 atom stereocenters. The minimum absolute atomic E-state index is 0.0101. The van der Waals surface area contributed by atoms with E-state index < -0.39 is 0 Å². The van der Waals surface area contributed by atoms with Gasteiger partial charge in [0, 0.05) is 0 Å². The summed E-state index contributed by atoms with van der Waals surface area (Å²) in [5.74, 6) is 0. The molecule has 2 nitrogen and oxygen atoms in total. The fourth-order valence-electron chi connectivity index (χ4n) is 1.12. The summed E-state index contributed by atoms with van der Waals surface area (Å²) >= 11 is 0. The lowest BCUT2D eigenvalue weighted by Gasteiger charge is -2.09. The maximum atomic E-state index is 8.66. The molecule has 0 heterocycles. The molecule has 2 N–H and O–H groups in total. The molecule has 1 aromatic carbocycles. The summed E-state index contributed by atoms with van der Waals surface area (Å²) in [5.41, 5.74) is 4.65. The van der Waals surface area contributed by atoms with E-state index in [1.54, 1.807) is 0 Å². The largest absolute Gasteiger partial charge is 0.316 e. The maximum Gasteiger partial charge on any atom is 0.0540 e. The van der Waals surface area contributed by atoms with Gasteiger partial charge in [-0.15, -0.1) is 0 Å². The number of hydrogen-bond donors (Lipinski definition) is 2. The van der Waals surface area contributed by atoms with Gasteiger partial charge in [0.05, 0.1) is 6.04 Å². The molecule has 0 unspecified atom stereocenters. The van der Waals surface area contributed by atoms with Crippen molar-refractivity contribution in [1.29, 1.82) is 0 Å².